The molecule has 2 heterocycles. The second-order valence-corrected chi connectivity index (χ2v) is 10.3. The number of anilines is 1. The lowest BCUT2D eigenvalue weighted by atomic mass is 9.95. The Bertz CT molecular complexity index is 701. The molecule has 2 fully saturated rings. The third-order valence-electron chi connectivity index (χ3n) is 6.08. The molecular formula is C22H40IN7OS. The molecule has 3 unspecified atom stereocenters. The van der Waals surface area contributed by atoms with Gasteiger partial charge in [-0.1, -0.05) is 13.3 Å². The lowest BCUT2D eigenvalue weighted by molar-refractivity contribution is 0.255. The van der Waals surface area contributed by atoms with Crippen LogP contribution in [-0.2, 0) is 10.8 Å². The molecule has 1 saturated carbocycles. The van der Waals surface area contributed by atoms with E-state index < -0.39 is 10.8 Å². The summed E-state index contributed by atoms with van der Waals surface area (Å²) in [7, 11) is -0.695. The molecule has 1 saturated heterocycles. The molecule has 2 aliphatic rings. The Labute approximate surface area is 212 Å². The van der Waals surface area contributed by atoms with Crippen molar-refractivity contribution in [1.82, 2.24) is 25.5 Å². The van der Waals surface area contributed by atoms with Gasteiger partial charge in [-0.05, 0) is 38.7 Å². The Morgan fingerprint density at radius 3 is 2.62 bits per heavy atom. The minimum absolute atomic E-state index is 0. The summed E-state index contributed by atoms with van der Waals surface area (Å²) in [6.07, 6.45) is 9.02. The molecule has 0 bridgehead atoms. The van der Waals surface area contributed by atoms with Gasteiger partial charge in [0.15, 0.2) is 5.96 Å². The number of hydrogen-bond acceptors (Lipinski definition) is 6. The van der Waals surface area contributed by atoms with E-state index in [0.717, 1.165) is 95.6 Å². The van der Waals surface area contributed by atoms with Gasteiger partial charge in [0.1, 0.15) is 0 Å². The predicted molar refractivity (Wildman–Crippen MR) is 145 cm³/mol. The average molecular weight is 578 g/mol. The van der Waals surface area contributed by atoms with Gasteiger partial charge in [-0.2, -0.15) is 0 Å². The molecule has 0 aromatic carbocycles. The number of aliphatic imine (C=N–C) groups is 1. The number of hydrogen-bond donors (Lipinski definition) is 2. The van der Waals surface area contributed by atoms with E-state index in [1.807, 2.05) is 13.0 Å². The zero-order valence-electron chi connectivity index (χ0n) is 19.5. The van der Waals surface area contributed by atoms with Crippen LogP contribution in [0.15, 0.2) is 23.5 Å². The van der Waals surface area contributed by atoms with Crippen LogP contribution in [0.3, 0.4) is 0 Å². The standard InChI is InChI=1S/C22H39N7OS.HI/c1-3-23-21(27-19-8-5-9-20(18-19)31(30)4-2)24-12-7-13-28-14-16-29(17-15-28)22-25-10-6-11-26-22;/h6,10-11,19-20H,3-5,7-9,12-18H2,1-2H3,(H2,23,24,27);1H. The highest BCUT2D eigenvalue weighted by atomic mass is 127. The van der Waals surface area contributed by atoms with Crippen molar-refractivity contribution < 1.29 is 4.21 Å². The summed E-state index contributed by atoms with van der Waals surface area (Å²) >= 11 is 0. The minimum atomic E-state index is -0.695. The van der Waals surface area contributed by atoms with Crippen molar-refractivity contribution in [3.8, 4) is 0 Å². The Morgan fingerprint density at radius 1 is 1.19 bits per heavy atom. The van der Waals surface area contributed by atoms with E-state index in [-0.39, 0.29) is 24.0 Å². The average Bonchev–Trinajstić information content (AvgIpc) is 2.82. The number of aromatic nitrogens is 2. The molecule has 182 valence electrons. The fraction of sp³-hybridized carbons (Fsp3) is 0.773. The largest absolute Gasteiger partial charge is 0.357 e. The van der Waals surface area contributed by atoms with Crippen LogP contribution in [0.2, 0.25) is 0 Å². The van der Waals surface area contributed by atoms with Gasteiger partial charge >= 0.3 is 0 Å². The van der Waals surface area contributed by atoms with E-state index in [4.69, 9.17) is 4.99 Å². The summed E-state index contributed by atoms with van der Waals surface area (Å²) in [5, 5.41) is 7.31. The van der Waals surface area contributed by atoms with Crippen LogP contribution in [0.25, 0.3) is 0 Å². The molecule has 8 nitrogen and oxygen atoms in total. The molecule has 1 aliphatic carbocycles. The summed E-state index contributed by atoms with van der Waals surface area (Å²) < 4.78 is 12.2. The van der Waals surface area contributed by atoms with Gasteiger partial charge in [0.25, 0.3) is 0 Å². The van der Waals surface area contributed by atoms with E-state index in [0.29, 0.717) is 11.3 Å². The van der Waals surface area contributed by atoms with Crippen molar-refractivity contribution in [2.75, 3.05) is 56.5 Å². The van der Waals surface area contributed by atoms with Gasteiger partial charge in [-0.15, -0.1) is 24.0 Å². The lowest BCUT2D eigenvalue weighted by Gasteiger charge is -2.34. The number of piperazine rings is 1. The first kappa shape index (κ1) is 27.2. The highest BCUT2D eigenvalue weighted by molar-refractivity contribution is 14.0. The molecule has 1 aromatic heterocycles. The highest BCUT2D eigenvalue weighted by Crippen LogP contribution is 2.23. The van der Waals surface area contributed by atoms with Gasteiger partial charge < -0.3 is 15.5 Å². The van der Waals surface area contributed by atoms with Crippen molar-refractivity contribution in [2.45, 2.75) is 57.2 Å². The monoisotopic (exact) mass is 577 g/mol. The van der Waals surface area contributed by atoms with Crippen molar-refractivity contribution in [2.24, 2.45) is 4.99 Å². The molecule has 32 heavy (non-hydrogen) atoms. The number of nitrogens with one attached hydrogen (secondary N) is 2. The van der Waals surface area contributed by atoms with Crippen molar-refractivity contribution in [3.63, 3.8) is 0 Å². The number of nitrogens with zero attached hydrogens (tertiary/aromatic N) is 5. The zero-order chi connectivity index (χ0) is 21.9. The van der Waals surface area contributed by atoms with Crippen LogP contribution in [0.1, 0.15) is 46.0 Å². The Balaban J connectivity index is 0.00000363. The van der Waals surface area contributed by atoms with E-state index in [2.05, 4.69) is 37.3 Å². The highest BCUT2D eigenvalue weighted by Gasteiger charge is 2.26. The second kappa shape index (κ2) is 15.0. The number of guanidine groups is 1. The van der Waals surface area contributed by atoms with Crippen LogP contribution in [0.5, 0.6) is 0 Å². The minimum Gasteiger partial charge on any atom is -0.357 e. The molecule has 2 N–H and O–H groups in total. The van der Waals surface area contributed by atoms with Crippen LogP contribution < -0.4 is 15.5 Å². The number of rotatable bonds is 9. The molecule has 0 spiro atoms. The second-order valence-electron chi connectivity index (χ2n) is 8.29. The molecular weight excluding hydrogens is 537 g/mol. The molecule has 0 radical (unpaired) electrons. The first-order valence-electron chi connectivity index (χ1n) is 11.9. The quantitative estimate of drug-likeness (QED) is 0.202. The van der Waals surface area contributed by atoms with Crippen molar-refractivity contribution >= 4 is 46.7 Å². The van der Waals surface area contributed by atoms with E-state index in [9.17, 15) is 4.21 Å². The zero-order valence-corrected chi connectivity index (χ0v) is 22.7. The first-order valence-corrected chi connectivity index (χ1v) is 13.2. The van der Waals surface area contributed by atoms with Gasteiger partial charge in [0, 0.05) is 86.1 Å². The molecule has 3 rings (SSSR count). The van der Waals surface area contributed by atoms with E-state index in [1.54, 1.807) is 12.4 Å². The maximum atomic E-state index is 12.2. The smallest absolute Gasteiger partial charge is 0.225 e. The van der Waals surface area contributed by atoms with Crippen LogP contribution in [0.4, 0.5) is 5.95 Å². The van der Waals surface area contributed by atoms with Gasteiger partial charge in [-0.3, -0.25) is 14.1 Å². The van der Waals surface area contributed by atoms with E-state index in [1.165, 1.54) is 0 Å². The molecule has 1 aromatic rings. The van der Waals surface area contributed by atoms with Crippen LogP contribution >= 0.6 is 24.0 Å². The lowest BCUT2D eigenvalue weighted by Crippen LogP contribution is -2.47. The molecule has 0 amide bonds. The van der Waals surface area contributed by atoms with Crippen molar-refractivity contribution in [1.29, 1.82) is 0 Å². The Hall–Kier alpha value is -1.01. The molecule has 3 atom stereocenters. The fourth-order valence-corrected chi connectivity index (χ4v) is 5.72. The van der Waals surface area contributed by atoms with Crippen LogP contribution in [-0.4, -0.2) is 87.9 Å². The maximum absolute atomic E-state index is 12.2. The predicted octanol–water partition coefficient (Wildman–Crippen LogP) is 2.24. The Morgan fingerprint density at radius 2 is 1.94 bits per heavy atom. The van der Waals surface area contributed by atoms with Crippen molar-refractivity contribution in [3.05, 3.63) is 18.5 Å². The summed E-state index contributed by atoms with van der Waals surface area (Å²) in [5.74, 6) is 2.50. The van der Waals surface area contributed by atoms with E-state index >= 15 is 0 Å². The van der Waals surface area contributed by atoms with Gasteiger partial charge in [-0.25, -0.2) is 9.97 Å². The molecule has 1 aliphatic heterocycles. The first-order chi connectivity index (χ1) is 15.2. The third-order valence-corrected chi connectivity index (χ3v) is 7.82. The Kier molecular flexibility index (Phi) is 12.8. The summed E-state index contributed by atoms with van der Waals surface area (Å²) in [6, 6.07) is 2.23. The normalized spacial score (nSPS) is 23.3. The SMILES string of the molecule is CCNC(=NCCCN1CCN(c2ncccn2)CC1)NC1CCCC(S(=O)CC)C1.I. The molecule has 10 heteroatoms. The van der Waals surface area contributed by atoms with Gasteiger partial charge in [0.2, 0.25) is 5.95 Å². The third kappa shape index (κ3) is 8.74. The summed E-state index contributed by atoms with van der Waals surface area (Å²) in [6.45, 7) is 10.9. The summed E-state index contributed by atoms with van der Waals surface area (Å²) in [5.41, 5.74) is 0. The van der Waals surface area contributed by atoms with Gasteiger partial charge in [0.05, 0.1) is 0 Å². The fourth-order valence-electron chi connectivity index (χ4n) is 4.38. The maximum Gasteiger partial charge on any atom is 0.225 e. The summed E-state index contributed by atoms with van der Waals surface area (Å²) in [4.78, 5) is 18.3. The topological polar surface area (TPSA) is 85.8 Å². The number of halogens is 1. The van der Waals surface area contributed by atoms with Crippen LogP contribution in [0, 0.1) is 0 Å².